The number of carbonyl (C=O) groups excluding carboxylic acids is 2. The average Bonchev–Trinajstić information content (AvgIpc) is 3.52. The lowest BCUT2D eigenvalue weighted by Crippen LogP contribution is -2.44. The van der Waals surface area contributed by atoms with Crippen molar-refractivity contribution in [2.45, 2.75) is 64.0 Å². The number of rotatable bonds is 3. The summed E-state index contributed by atoms with van der Waals surface area (Å²) in [6, 6.07) is 3.03. The zero-order valence-electron chi connectivity index (χ0n) is 20.8. The number of pyridine rings is 2. The van der Waals surface area contributed by atoms with Crippen molar-refractivity contribution in [2.24, 2.45) is 0 Å². The summed E-state index contributed by atoms with van der Waals surface area (Å²) in [4.78, 5) is 43.7. The van der Waals surface area contributed by atoms with Crippen molar-refractivity contribution < 1.29 is 34.0 Å². The minimum absolute atomic E-state index is 0.0469. The number of esters is 1. The summed E-state index contributed by atoms with van der Waals surface area (Å²) < 4.78 is 18.2. The second-order valence-corrected chi connectivity index (χ2v) is 10.2. The van der Waals surface area contributed by atoms with Crippen LogP contribution in [0, 0.1) is 0 Å². The number of hydrogen-bond acceptors (Lipinski definition) is 9. The molecule has 0 radical (unpaired) electrons. The van der Waals surface area contributed by atoms with Crippen molar-refractivity contribution >= 4 is 22.8 Å². The third kappa shape index (κ3) is 2.91. The highest BCUT2D eigenvalue weighted by atomic mass is 16.7. The minimum Gasteiger partial charge on any atom is -0.458 e. The Bertz CT molecular complexity index is 1660. The maximum Gasteiger partial charge on any atom is 0.343 e. The number of ether oxygens (including phenoxy) is 3. The first-order valence-corrected chi connectivity index (χ1v) is 12.7. The smallest absolute Gasteiger partial charge is 0.343 e. The van der Waals surface area contributed by atoms with Crippen molar-refractivity contribution in [2.75, 3.05) is 6.79 Å². The van der Waals surface area contributed by atoms with Gasteiger partial charge in [-0.05, 0) is 37.8 Å². The Morgan fingerprint density at radius 1 is 1.24 bits per heavy atom. The molecule has 5 heterocycles. The van der Waals surface area contributed by atoms with E-state index in [1.807, 2.05) is 0 Å². The third-order valence-corrected chi connectivity index (χ3v) is 8.18. The van der Waals surface area contributed by atoms with Gasteiger partial charge >= 0.3 is 5.97 Å². The summed E-state index contributed by atoms with van der Waals surface area (Å²) in [5.41, 5.74) is 2.34. The zero-order valence-corrected chi connectivity index (χ0v) is 20.8. The highest BCUT2D eigenvalue weighted by Gasteiger charge is 2.46. The maximum atomic E-state index is 13.7. The molecular weight excluding hydrogens is 494 g/mol. The molecular formula is C27H25N3O8. The van der Waals surface area contributed by atoms with Crippen molar-refractivity contribution in [1.29, 1.82) is 0 Å². The van der Waals surface area contributed by atoms with Crippen LogP contribution in [0.4, 0.5) is 0 Å². The van der Waals surface area contributed by atoms with Crippen molar-refractivity contribution in [3.8, 4) is 22.9 Å². The fourth-order valence-electron chi connectivity index (χ4n) is 6.23. The molecule has 3 aliphatic heterocycles. The molecule has 3 atom stereocenters. The summed E-state index contributed by atoms with van der Waals surface area (Å²) in [5, 5.41) is 24.9. The van der Waals surface area contributed by atoms with Gasteiger partial charge in [0.1, 0.15) is 12.7 Å². The number of hydrogen-bond donors (Lipinski definition) is 3. The SMILES string of the molecule is CC[C@@]1(O)C(=O)OCc2c1cc1n(c2=O)Cc2c-1nc1cc3c(c4c1c2[C@H](NC(=O)[C@@H](C)O)CC4)OCO3. The number of nitrogens with one attached hydrogen (secondary N) is 1. The fourth-order valence-corrected chi connectivity index (χ4v) is 6.23. The number of fused-ring (bicyclic) bond motifs is 7. The molecule has 0 saturated heterocycles. The minimum atomic E-state index is -1.93. The normalized spacial score (nSPS) is 22.9. The fraction of sp³-hybridized carbons (Fsp3) is 0.407. The molecule has 0 spiro atoms. The van der Waals surface area contributed by atoms with E-state index in [0.29, 0.717) is 41.2 Å². The molecule has 196 valence electrons. The van der Waals surface area contributed by atoms with E-state index in [1.54, 1.807) is 23.6 Å². The number of aryl methyl sites for hydroxylation is 1. The van der Waals surface area contributed by atoms with Gasteiger partial charge in [-0.1, -0.05) is 6.92 Å². The first-order chi connectivity index (χ1) is 18.2. The molecule has 1 amide bonds. The van der Waals surface area contributed by atoms with Gasteiger partial charge in [0.15, 0.2) is 17.1 Å². The number of nitrogens with zero attached hydrogens (tertiary/aromatic N) is 2. The van der Waals surface area contributed by atoms with E-state index < -0.39 is 29.6 Å². The number of amides is 1. The second-order valence-electron chi connectivity index (χ2n) is 10.2. The predicted molar refractivity (Wildman–Crippen MR) is 132 cm³/mol. The highest BCUT2D eigenvalue weighted by Crippen LogP contribution is 2.50. The van der Waals surface area contributed by atoms with Crippen LogP contribution in [0.15, 0.2) is 16.9 Å². The number of aliphatic hydroxyl groups excluding tert-OH is 1. The first kappa shape index (κ1) is 23.2. The summed E-state index contributed by atoms with van der Waals surface area (Å²) in [5.74, 6) is -0.0338. The Kier molecular flexibility index (Phi) is 4.74. The Balaban J connectivity index is 1.51. The van der Waals surface area contributed by atoms with Gasteiger partial charge in [0.2, 0.25) is 12.7 Å². The van der Waals surface area contributed by atoms with Crippen LogP contribution >= 0.6 is 0 Å². The summed E-state index contributed by atoms with van der Waals surface area (Å²) in [6.07, 6.45) is 0.0158. The van der Waals surface area contributed by atoms with E-state index in [2.05, 4.69) is 5.32 Å². The maximum absolute atomic E-state index is 13.7. The Morgan fingerprint density at radius 3 is 2.82 bits per heavy atom. The quantitative estimate of drug-likeness (QED) is 0.340. The topological polar surface area (TPSA) is 149 Å². The number of carbonyl (C=O) groups is 2. The Hall–Kier alpha value is -3.96. The predicted octanol–water partition coefficient (Wildman–Crippen LogP) is 1.29. The third-order valence-electron chi connectivity index (χ3n) is 8.18. The number of aromatic nitrogens is 2. The number of aliphatic hydroxyl groups is 2. The van der Waals surface area contributed by atoms with Crippen LogP contribution in [0.1, 0.15) is 60.5 Å². The summed E-state index contributed by atoms with van der Waals surface area (Å²) in [7, 11) is 0. The molecule has 0 saturated carbocycles. The molecule has 1 aliphatic carbocycles. The van der Waals surface area contributed by atoms with E-state index in [0.717, 1.165) is 22.1 Å². The van der Waals surface area contributed by atoms with Crippen molar-refractivity contribution in [1.82, 2.24) is 14.9 Å². The lowest BCUT2D eigenvalue weighted by molar-refractivity contribution is -0.172. The highest BCUT2D eigenvalue weighted by molar-refractivity contribution is 5.96. The Morgan fingerprint density at radius 2 is 2.05 bits per heavy atom. The lowest BCUT2D eigenvalue weighted by Gasteiger charge is -2.31. The van der Waals surface area contributed by atoms with Gasteiger partial charge in [-0.2, -0.15) is 0 Å². The van der Waals surface area contributed by atoms with Gasteiger partial charge in [-0.15, -0.1) is 0 Å². The van der Waals surface area contributed by atoms with E-state index >= 15 is 0 Å². The second kappa shape index (κ2) is 7.78. The average molecular weight is 520 g/mol. The van der Waals surface area contributed by atoms with E-state index in [1.165, 1.54) is 6.92 Å². The van der Waals surface area contributed by atoms with Gasteiger partial charge < -0.3 is 34.3 Å². The van der Waals surface area contributed by atoms with Gasteiger partial charge in [-0.25, -0.2) is 9.78 Å². The summed E-state index contributed by atoms with van der Waals surface area (Å²) in [6.45, 7) is 3.15. The monoisotopic (exact) mass is 519 g/mol. The van der Waals surface area contributed by atoms with Crippen LogP contribution in [-0.4, -0.2) is 44.5 Å². The Labute approximate surface area is 216 Å². The molecule has 3 aromatic rings. The number of cyclic esters (lactones) is 1. The molecule has 11 nitrogen and oxygen atoms in total. The molecule has 0 bridgehead atoms. The van der Waals surface area contributed by atoms with Gasteiger partial charge in [0.05, 0.1) is 35.1 Å². The van der Waals surface area contributed by atoms with Crippen LogP contribution in [0.25, 0.3) is 22.3 Å². The van der Waals surface area contributed by atoms with Crippen LogP contribution < -0.4 is 20.3 Å². The van der Waals surface area contributed by atoms with E-state index in [9.17, 15) is 24.6 Å². The van der Waals surface area contributed by atoms with E-state index in [-0.39, 0.29) is 43.1 Å². The summed E-state index contributed by atoms with van der Waals surface area (Å²) >= 11 is 0. The molecule has 7 rings (SSSR count). The molecule has 4 aliphatic rings. The zero-order chi connectivity index (χ0) is 26.5. The van der Waals surface area contributed by atoms with Crippen LogP contribution in [0.5, 0.6) is 11.5 Å². The standard InChI is InChI=1S/C27H25N3O8/c1-3-27(35)15-6-18-22-13(8-30(18)25(33)14(15)9-36-26(27)34)21-16(29-24(32)11(2)31)5-4-12-20(21)17(28-22)7-19-23(12)38-10-37-19/h6-7,11,16,31,35H,3-5,8-10H2,1-2H3,(H,29,32)/t11-,16-,27+/m1/s1. The van der Waals surface area contributed by atoms with E-state index in [4.69, 9.17) is 19.2 Å². The molecule has 3 N–H and O–H groups in total. The first-order valence-electron chi connectivity index (χ1n) is 12.7. The number of benzene rings is 1. The van der Waals surface area contributed by atoms with Crippen molar-refractivity contribution in [3.63, 3.8) is 0 Å². The van der Waals surface area contributed by atoms with Crippen molar-refractivity contribution in [3.05, 3.63) is 50.3 Å². The van der Waals surface area contributed by atoms with Gasteiger partial charge in [0.25, 0.3) is 5.56 Å². The molecule has 11 heteroatoms. The molecule has 2 aromatic heterocycles. The van der Waals surface area contributed by atoms with Crippen LogP contribution in [-0.2, 0) is 39.5 Å². The van der Waals surface area contributed by atoms with Crippen LogP contribution in [0.2, 0.25) is 0 Å². The molecule has 38 heavy (non-hydrogen) atoms. The molecule has 0 unspecified atom stereocenters. The lowest BCUT2D eigenvalue weighted by atomic mass is 9.82. The van der Waals surface area contributed by atoms with Gasteiger partial charge in [-0.3, -0.25) is 9.59 Å². The molecule has 0 fully saturated rings. The van der Waals surface area contributed by atoms with Gasteiger partial charge in [0, 0.05) is 28.1 Å². The largest absolute Gasteiger partial charge is 0.458 e. The molecule has 1 aromatic carbocycles. The van der Waals surface area contributed by atoms with Crippen LogP contribution in [0.3, 0.4) is 0 Å².